The van der Waals surface area contributed by atoms with Gasteiger partial charge in [-0.05, 0) is 49.2 Å². The number of ether oxygens (including phenoxy) is 1. The highest BCUT2D eigenvalue weighted by atomic mass is 35.5. The van der Waals surface area contributed by atoms with E-state index in [0.717, 1.165) is 11.1 Å². The molecule has 2 aliphatic rings. The minimum atomic E-state index is -0.639. The van der Waals surface area contributed by atoms with E-state index in [1.54, 1.807) is 47.2 Å². The van der Waals surface area contributed by atoms with Gasteiger partial charge in [-0.3, -0.25) is 14.5 Å². The number of anilines is 1. The van der Waals surface area contributed by atoms with Crippen LogP contribution >= 0.6 is 11.6 Å². The zero-order valence-corrected chi connectivity index (χ0v) is 23.1. The first kappa shape index (κ1) is 27.4. The monoisotopic (exact) mass is 558 g/mol. The number of amides is 2. The highest BCUT2D eigenvalue weighted by Crippen LogP contribution is 2.31. The van der Waals surface area contributed by atoms with Gasteiger partial charge < -0.3 is 14.5 Å². The van der Waals surface area contributed by atoms with E-state index in [-0.39, 0.29) is 18.1 Å². The smallest absolute Gasteiger partial charge is 0.345 e. The predicted molar refractivity (Wildman–Crippen MR) is 153 cm³/mol. The van der Waals surface area contributed by atoms with E-state index < -0.39 is 11.9 Å². The number of nitrogens with zero attached hydrogens (tertiary/aromatic N) is 4. The molecule has 0 bridgehead atoms. The zero-order chi connectivity index (χ0) is 28.1. The number of esters is 1. The summed E-state index contributed by atoms with van der Waals surface area (Å²) >= 11 is 5.98. The van der Waals surface area contributed by atoms with Crippen LogP contribution in [0.1, 0.15) is 28.4 Å². The van der Waals surface area contributed by atoms with Crippen LogP contribution in [0.5, 0.6) is 0 Å². The van der Waals surface area contributed by atoms with Crippen molar-refractivity contribution in [3.8, 4) is 0 Å². The summed E-state index contributed by atoms with van der Waals surface area (Å²) in [7, 11) is 0. The topological polar surface area (TPSA) is 83.1 Å². The Morgan fingerprint density at radius 1 is 0.950 bits per heavy atom. The van der Waals surface area contributed by atoms with Crippen molar-refractivity contribution in [3.05, 3.63) is 106 Å². The van der Waals surface area contributed by atoms with Gasteiger partial charge in [0.05, 0.1) is 6.61 Å². The summed E-state index contributed by atoms with van der Waals surface area (Å²) in [5.41, 5.74) is 3.16. The second-order valence-electron chi connectivity index (χ2n) is 9.68. The zero-order valence-electron chi connectivity index (χ0n) is 22.4. The summed E-state index contributed by atoms with van der Waals surface area (Å²) in [6, 6.07) is 20.5. The number of carbonyl (C=O) groups is 3. The average Bonchev–Trinajstić information content (AvgIpc) is 3.10. The largest absolute Gasteiger partial charge is 0.462 e. The van der Waals surface area contributed by atoms with Gasteiger partial charge in [0.2, 0.25) is 0 Å². The lowest BCUT2D eigenvalue weighted by molar-refractivity contribution is -0.140. The van der Waals surface area contributed by atoms with E-state index in [2.05, 4.69) is 4.98 Å². The molecule has 2 aromatic carbocycles. The predicted octanol–water partition coefficient (Wildman–Crippen LogP) is 4.14. The number of rotatable bonds is 7. The third kappa shape index (κ3) is 5.87. The fourth-order valence-electron chi connectivity index (χ4n) is 5.16. The third-order valence-electron chi connectivity index (χ3n) is 7.21. The Balaban J connectivity index is 1.44. The molecule has 1 aromatic heterocycles. The van der Waals surface area contributed by atoms with Gasteiger partial charge in [-0.2, -0.15) is 0 Å². The van der Waals surface area contributed by atoms with Gasteiger partial charge in [0.1, 0.15) is 11.4 Å². The number of halogens is 1. The molecular formula is C31H31ClN4O4. The molecule has 3 aromatic rings. The molecule has 0 saturated carbocycles. The van der Waals surface area contributed by atoms with E-state index in [9.17, 15) is 14.4 Å². The first-order chi connectivity index (χ1) is 19.5. The molecule has 0 unspecified atom stereocenters. The van der Waals surface area contributed by atoms with Crippen LogP contribution in [0.3, 0.4) is 0 Å². The van der Waals surface area contributed by atoms with Crippen LogP contribution in [0.15, 0.2) is 84.2 Å². The van der Waals surface area contributed by atoms with Gasteiger partial charge in [0, 0.05) is 67.2 Å². The maximum absolute atomic E-state index is 14.1. The molecular weight excluding hydrogens is 528 g/mol. The van der Waals surface area contributed by atoms with Crippen LogP contribution in [0.25, 0.3) is 0 Å². The Morgan fingerprint density at radius 2 is 1.68 bits per heavy atom. The molecule has 0 atom stereocenters. The summed E-state index contributed by atoms with van der Waals surface area (Å²) in [4.78, 5) is 50.5. The summed E-state index contributed by atoms with van der Waals surface area (Å²) in [5.74, 6) is -0.576. The molecule has 9 heteroatoms. The van der Waals surface area contributed by atoms with Gasteiger partial charge in [-0.1, -0.05) is 48.0 Å². The van der Waals surface area contributed by atoms with Crippen LogP contribution < -0.4 is 4.90 Å². The minimum absolute atomic E-state index is 0.0328. The molecule has 206 valence electrons. The molecule has 0 spiro atoms. The lowest BCUT2D eigenvalue weighted by Gasteiger charge is -2.38. The van der Waals surface area contributed by atoms with E-state index in [4.69, 9.17) is 16.3 Å². The van der Waals surface area contributed by atoms with Crippen LogP contribution in [0.2, 0.25) is 5.02 Å². The van der Waals surface area contributed by atoms with Crippen molar-refractivity contribution in [1.82, 2.24) is 14.8 Å². The van der Waals surface area contributed by atoms with Crippen LogP contribution in [-0.4, -0.2) is 71.9 Å². The molecule has 3 heterocycles. The first-order valence-corrected chi connectivity index (χ1v) is 13.8. The number of allylic oxidation sites excluding steroid dienone is 1. The number of carbonyl (C=O) groups excluding carboxylic acids is 3. The van der Waals surface area contributed by atoms with Crippen LogP contribution in [0.4, 0.5) is 5.82 Å². The number of pyridine rings is 1. The van der Waals surface area contributed by atoms with Crippen molar-refractivity contribution in [3.63, 3.8) is 0 Å². The highest BCUT2D eigenvalue weighted by Gasteiger charge is 2.37. The SMILES string of the molecule is CCOC(=O)C1=C(N2CCN(C(=O)c3ccc(Cl)cc3)CC2)Cc2cccnc2N(CCc2ccccc2)C1=O. The number of piperazine rings is 1. The molecule has 1 fully saturated rings. The van der Waals surface area contributed by atoms with Crippen LogP contribution in [0, 0.1) is 0 Å². The van der Waals surface area contributed by atoms with Gasteiger partial charge in [0.25, 0.3) is 11.8 Å². The fourth-order valence-corrected chi connectivity index (χ4v) is 5.29. The normalized spacial score (nSPS) is 15.6. The lowest BCUT2D eigenvalue weighted by atomic mass is 10.0. The quantitative estimate of drug-likeness (QED) is 0.320. The van der Waals surface area contributed by atoms with Gasteiger partial charge in [0.15, 0.2) is 0 Å². The molecule has 0 aliphatic carbocycles. The minimum Gasteiger partial charge on any atom is -0.462 e. The second kappa shape index (κ2) is 12.3. The molecule has 5 rings (SSSR count). The van der Waals surface area contributed by atoms with E-state index in [1.807, 2.05) is 47.4 Å². The van der Waals surface area contributed by atoms with Crippen molar-refractivity contribution < 1.29 is 19.1 Å². The average molecular weight is 559 g/mol. The van der Waals surface area contributed by atoms with Crippen molar-refractivity contribution in [2.75, 3.05) is 44.2 Å². The first-order valence-electron chi connectivity index (χ1n) is 13.5. The van der Waals surface area contributed by atoms with E-state index >= 15 is 0 Å². The molecule has 2 aliphatic heterocycles. The Hall–Kier alpha value is -4.17. The summed E-state index contributed by atoms with van der Waals surface area (Å²) in [5, 5.41) is 0.574. The number of aromatic nitrogens is 1. The molecule has 0 N–H and O–H groups in total. The molecule has 8 nitrogen and oxygen atoms in total. The number of fused-ring (bicyclic) bond motifs is 1. The highest BCUT2D eigenvalue weighted by molar-refractivity contribution is 6.30. The summed E-state index contributed by atoms with van der Waals surface area (Å²) < 4.78 is 5.40. The number of hydrogen-bond donors (Lipinski definition) is 0. The summed E-state index contributed by atoms with van der Waals surface area (Å²) in [6.45, 7) is 4.10. The van der Waals surface area contributed by atoms with Crippen molar-refractivity contribution >= 4 is 35.2 Å². The van der Waals surface area contributed by atoms with Gasteiger partial charge in [-0.15, -0.1) is 0 Å². The number of benzene rings is 2. The summed E-state index contributed by atoms with van der Waals surface area (Å²) in [6.07, 6.45) is 2.63. The second-order valence-corrected chi connectivity index (χ2v) is 10.1. The van der Waals surface area contributed by atoms with Crippen LogP contribution in [-0.2, 0) is 27.2 Å². The molecule has 2 amide bonds. The van der Waals surface area contributed by atoms with Crippen molar-refractivity contribution in [1.29, 1.82) is 0 Å². The van der Waals surface area contributed by atoms with Crippen molar-refractivity contribution in [2.45, 2.75) is 19.8 Å². The van der Waals surface area contributed by atoms with Crippen molar-refractivity contribution in [2.24, 2.45) is 0 Å². The molecule has 0 radical (unpaired) electrons. The Labute approximate surface area is 238 Å². The lowest BCUT2D eigenvalue weighted by Crippen LogP contribution is -2.49. The maximum atomic E-state index is 14.1. The van der Waals surface area contributed by atoms with Gasteiger partial charge in [-0.25, -0.2) is 9.78 Å². The Kier molecular flexibility index (Phi) is 8.45. The fraction of sp³-hybridized carbons (Fsp3) is 0.290. The Morgan fingerprint density at radius 3 is 2.38 bits per heavy atom. The maximum Gasteiger partial charge on any atom is 0.345 e. The third-order valence-corrected chi connectivity index (χ3v) is 7.47. The van der Waals surface area contributed by atoms with E-state index in [1.165, 1.54) is 0 Å². The van der Waals surface area contributed by atoms with E-state index in [0.29, 0.717) is 67.7 Å². The molecule has 40 heavy (non-hydrogen) atoms. The molecule has 1 saturated heterocycles. The standard InChI is InChI=1S/C31H31ClN4O4/c1-2-40-31(39)27-26(34-17-19-35(20-18-34)29(37)23-10-12-25(32)13-11-23)21-24-9-6-15-33-28(24)36(30(27)38)16-14-22-7-4-3-5-8-22/h3-13,15H,2,14,16-21H2,1H3. The Bertz CT molecular complexity index is 1420. The van der Waals surface area contributed by atoms with Gasteiger partial charge >= 0.3 is 5.97 Å². The number of hydrogen-bond acceptors (Lipinski definition) is 6.